The smallest absolute Gasteiger partial charge is 0.223 e. The fraction of sp³-hybridized carbons (Fsp3) is 0.588. The Morgan fingerprint density at radius 1 is 1.27 bits per heavy atom. The molecule has 4 N–H and O–H groups in total. The van der Waals surface area contributed by atoms with Gasteiger partial charge in [-0.05, 0) is 61.8 Å². The number of aryl methyl sites for hydroxylation is 1. The quantitative estimate of drug-likeness (QED) is 0.682. The fourth-order valence-electron chi connectivity index (χ4n) is 3.60. The molecule has 1 unspecified atom stereocenters. The molecule has 1 aromatic rings. The second-order valence-electron chi connectivity index (χ2n) is 6.67. The lowest BCUT2D eigenvalue weighted by atomic mass is 9.81. The van der Waals surface area contributed by atoms with Crippen molar-refractivity contribution in [3.63, 3.8) is 0 Å². The number of benzene rings is 1. The molecule has 5 nitrogen and oxygen atoms in total. The van der Waals surface area contributed by atoms with E-state index in [2.05, 4.69) is 5.32 Å². The fourth-order valence-corrected chi connectivity index (χ4v) is 3.60. The van der Waals surface area contributed by atoms with Gasteiger partial charge in [-0.25, -0.2) is 0 Å². The van der Waals surface area contributed by atoms with Crippen molar-refractivity contribution in [2.75, 3.05) is 0 Å². The molecule has 0 saturated heterocycles. The van der Waals surface area contributed by atoms with Crippen molar-refractivity contribution in [3.05, 3.63) is 29.3 Å². The number of carbonyl (C=O) groups excluding carboxylic acids is 1. The zero-order valence-corrected chi connectivity index (χ0v) is 12.6. The molecule has 0 aliphatic heterocycles. The minimum atomic E-state index is -0.996. The number of carbonyl (C=O) groups is 1. The molecule has 22 heavy (non-hydrogen) atoms. The Morgan fingerprint density at radius 3 is 2.73 bits per heavy atom. The van der Waals surface area contributed by atoms with E-state index in [1.807, 2.05) is 6.07 Å². The second kappa shape index (κ2) is 5.89. The number of fused-ring (bicyclic) bond motifs is 1. The lowest BCUT2D eigenvalue weighted by Gasteiger charge is -2.34. The van der Waals surface area contributed by atoms with Crippen molar-refractivity contribution in [2.45, 2.75) is 62.7 Å². The zero-order valence-electron chi connectivity index (χ0n) is 12.6. The van der Waals surface area contributed by atoms with Crippen molar-refractivity contribution in [2.24, 2.45) is 0 Å². The molecule has 120 valence electrons. The highest BCUT2D eigenvalue weighted by Crippen LogP contribution is 2.35. The van der Waals surface area contributed by atoms with Gasteiger partial charge in [0, 0.05) is 0 Å². The maximum absolute atomic E-state index is 12.3. The lowest BCUT2D eigenvalue weighted by molar-refractivity contribution is -0.129. The summed E-state index contributed by atoms with van der Waals surface area (Å²) in [6, 6.07) is 5.18. The average Bonchev–Trinajstić information content (AvgIpc) is 2.85. The first-order valence-electron chi connectivity index (χ1n) is 7.97. The molecule has 2 aliphatic rings. The predicted octanol–water partition coefficient (Wildman–Crippen LogP) is 1.55. The number of phenolic OH excluding ortho intramolecular Hbond substituents is 1. The third kappa shape index (κ3) is 3.25. The van der Waals surface area contributed by atoms with Gasteiger partial charge in [-0.1, -0.05) is 6.07 Å². The van der Waals surface area contributed by atoms with Crippen LogP contribution in [-0.4, -0.2) is 32.9 Å². The first-order chi connectivity index (χ1) is 10.5. The molecular formula is C17H23NO4. The van der Waals surface area contributed by atoms with Crippen LogP contribution in [0.5, 0.6) is 5.75 Å². The van der Waals surface area contributed by atoms with Gasteiger partial charge in [0.25, 0.3) is 0 Å². The van der Waals surface area contributed by atoms with Gasteiger partial charge >= 0.3 is 0 Å². The molecular weight excluding hydrogens is 282 g/mol. The number of phenols is 1. The summed E-state index contributed by atoms with van der Waals surface area (Å²) in [5, 5.41) is 32.5. The Morgan fingerprint density at radius 2 is 2.00 bits per heavy atom. The van der Waals surface area contributed by atoms with Crippen LogP contribution in [0.4, 0.5) is 0 Å². The number of rotatable bonds is 3. The van der Waals surface area contributed by atoms with Crippen molar-refractivity contribution >= 4 is 5.91 Å². The minimum absolute atomic E-state index is 0.0738. The highest BCUT2D eigenvalue weighted by atomic mass is 16.3. The standard InChI is InChI=1S/C17H23NO4/c19-12-5-7-17(22,8-6-12)10-16(21)18-15-4-2-11-1-3-13(20)9-14(11)15/h1,3,9,12,15,19-20,22H,2,4-8,10H2,(H,18,21). The molecule has 1 fully saturated rings. The third-order valence-corrected chi connectivity index (χ3v) is 4.92. The van der Waals surface area contributed by atoms with Crippen molar-refractivity contribution < 1.29 is 20.1 Å². The number of hydrogen-bond acceptors (Lipinski definition) is 4. The van der Waals surface area contributed by atoms with E-state index in [0.717, 1.165) is 24.0 Å². The Kier molecular flexibility index (Phi) is 4.10. The van der Waals surface area contributed by atoms with Crippen LogP contribution in [-0.2, 0) is 11.2 Å². The summed E-state index contributed by atoms with van der Waals surface area (Å²) in [4.78, 5) is 12.3. The first-order valence-corrected chi connectivity index (χ1v) is 7.97. The van der Waals surface area contributed by atoms with E-state index in [1.54, 1.807) is 12.1 Å². The van der Waals surface area contributed by atoms with Gasteiger partial charge in [0.05, 0.1) is 24.2 Å². The molecule has 0 spiro atoms. The minimum Gasteiger partial charge on any atom is -0.508 e. The normalized spacial score (nSPS) is 30.8. The van der Waals surface area contributed by atoms with Crippen LogP contribution < -0.4 is 5.32 Å². The summed E-state index contributed by atoms with van der Waals surface area (Å²) in [6.45, 7) is 0. The van der Waals surface area contributed by atoms with Crippen LogP contribution in [0.3, 0.4) is 0 Å². The van der Waals surface area contributed by atoms with E-state index in [4.69, 9.17) is 0 Å². The summed E-state index contributed by atoms with van der Waals surface area (Å²) >= 11 is 0. The van der Waals surface area contributed by atoms with Gasteiger partial charge < -0.3 is 20.6 Å². The number of aromatic hydroxyl groups is 1. The number of nitrogens with one attached hydrogen (secondary N) is 1. The monoisotopic (exact) mass is 305 g/mol. The van der Waals surface area contributed by atoms with Gasteiger partial charge in [0.15, 0.2) is 0 Å². The SMILES string of the molecule is O=C(CC1(O)CCC(O)CC1)NC1CCc2ccc(O)cc21. The van der Waals surface area contributed by atoms with E-state index >= 15 is 0 Å². The van der Waals surface area contributed by atoms with E-state index in [0.29, 0.717) is 25.7 Å². The Bertz CT molecular complexity index is 564. The number of aliphatic hydroxyl groups excluding tert-OH is 1. The predicted molar refractivity (Wildman–Crippen MR) is 81.4 cm³/mol. The molecule has 0 bridgehead atoms. The highest BCUT2D eigenvalue weighted by molar-refractivity contribution is 5.77. The van der Waals surface area contributed by atoms with Gasteiger partial charge in [-0.15, -0.1) is 0 Å². The molecule has 2 aliphatic carbocycles. The van der Waals surface area contributed by atoms with Gasteiger partial charge in [0.1, 0.15) is 5.75 Å². The van der Waals surface area contributed by atoms with Crippen molar-refractivity contribution in [1.82, 2.24) is 5.32 Å². The van der Waals surface area contributed by atoms with Crippen LogP contribution in [0.15, 0.2) is 18.2 Å². The molecule has 5 heteroatoms. The molecule has 1 atom stereocenters. The van der Waals surface area contributed by atoms with Gasteiger partial charge in [-0.2, -0.15) is 0 Å². The van der Waals surface area contributed by atoms with Crippen LogP contribution >= 0.6 is 0 Å². The van der Waals surface area contributed by atoms with E-state index in [9.17, 15) is 20.1 Å². The van der Waals surface area contributed by atoms with Crippen LogP contribution in [0, 0.1) is 0 Å². The zero-order chi connectivity index (χ0) is 15.7. The molecule has 3 rings (SSSR count). The van der Waals surface area contributed by atoms with E-state index in [1.165, 1.54) is 0 Å². The van der Waals surface area contributed by atoms with E-state index < -0.39 is 5.60 Å². The van der Waals surface area contributed by atoms with Crippen molar-refractivity contribution in [1.29, 1.82) is 0 Å². The number of hydrogen-bond donors (Lipinski definition) is 4. The van der Waals surface area contributed by atoms with Crippen molar-refractivity contribution in [3.8, 4) is 5.75 Å². The topological polar surface area (TPSA) is 89.8 Å². The second-order valence-corrected chi connectivity index (χ2v) is 6.67. The first kappa shape index (κ1) is 15.3. The summed E-state index contributed by atoms with van der Waals surface area (Å²) in [6.07, 6.45) is 3.44. The lowest BCUT2D eigenvalue weighted by Crippen LogP contribution is -2.41. The summed E-state index contributed by atoms with van der Waals surface area (Å²) in [5.74, 6) is 0.0416. The summed E-state index contributed by atoms with van der Waals surface area (Å²) < 4.78 is 0. The van der Waals surface area contributed by atoms with Crippen LogP contribution in [0.1, 0.15) is 55.7 Å². The molecule has 0 aromatic heterocycles. The highest BCUT2D eigenvalue weighted by Gasteiger charge is 2.35. The largest absolute Gasteiger partial charge is 0.508 e. The molecule has 0 heterocycles. The Labute approximate surface area is 130 Å². The molecule has 1 saturated carbocycles. The summed E-state index contributed by atoms with van der Waals surface area (Å²) in [7, 11) is 0. The Balaban J connectivity index is 1.61. The molecule has 0 radical (unpaired) electrons. The van der Waals surface area contributed by atoms with Gasteiger partial charge in [-0.3, -0.25) is 4.79 Å². The summed E-state index contributed by atoms with van der Waals surface area (Å²) in [5.41, 5.74) is 1.13. The maximum atomic E-state index is 12.3. The van der Waals surface area contributed by atoms with Gasteiger partial charge in [0.2, 0.25) is 5.91 Å². The molecule has 1 amide bonds. The van der Waals surface area contributed by atoms with E-state index in [-0.39, 0.29) is 30.2 Å². The number of amides is 1. The van der Waals surface area contributed by atoms with Crippen LogP contribution in [0.25, 0.3) is 0 Å². The Hall–Kier alpha value is -1.59. The number of aliphatic hydroxyl groups is 2. The third-order valence-electron chi connectivity index (χ3n) is 4.92. The van der Waals surface area contributed by atoms with Crippen LogP contribution in [0.2, 0.25) is 0 Å². The average molecular weight is 305 g/mol. The maximum Gasteiger partial charge on any atom is 0.223 e. The molecule has 1 aromatic carbocycles.